The normalized spacial score (nSPS) is 17.6. The number of hydrogen-bond donors (Lipinski definition) is 0. The molecule has 1 heterocycles. The van der Waals surface area contributed by atoms with Crippen LogP contribution in [-0.4, -0.2) is 56.3 Å². The second-order valence-corrected chi connectivity index (χ2v) is 5.95. The summed E-state index contributed by atoms with van der Waals surface area (Å²) in [5, 5.41) is 0. The van der Waals surface area contributed by atoms with Crippen LogP contribution >= 0.6 is 0 Å². The molecule has 0 aromatic heterocycles. The highest BCUT2D eigenvalue weighted by Crippen LogP contribution is 2.16. The molecule has 0 atom stereocenters. The van der Waals surface area contributed by atoms with Crippen LogP contribution in [0.4, 0.5) is 0 Å². The molecule has 0 N–H and O–H groups in total. The van der Waals surface area contributed by atoms with Crippen LogP contribution in [0.1, 0.15) is 26.2 Å². The van der Waals surface area contributed by atoms with E-state index in [1.807, 2.05) is 6.92 Å². The second-order valence-electron chi connectivity index (χ2n) is 4.02. The number of ether oxygens (including phenoxy) is 1. The number of carbonyl (C=O) groups excluding carboxylic acids is 1. The lowest BCUT2D eigenvalue weighted by molar-refractivity contribution is -0.140. The molecule has 0 aromatic rings. The van der Waals surface area contributed by atoms with E-state index >= 15 is 0 Å². The Kier molecular flexibility index (Phi) is 5.35. The van der Waals surface area contributed by atoms with Crippen molar-refractivity contribution in [1.29, 1.82) is 0 Å². The number of hydrogen-bond acceptors (Lipinski definition) is 4. The Hall–Kier alpha value is -0.660. The molecule has 0 aromatic carbocycles. The van der Waals surface area contributed by atoms with Gasteiger partial charge in [0, 0.05) is 19.6 Å². The lowest BCUT2D eigenvalue weighted by Crippen LogP contribution is -2.45. The van der Waals surface area contributed by atoms with Gasteiger partial charge in [0.2, 0.25) is 0 Å². The second kappa shape index (κ2) is 6.32. The molecule has 0 aliphatic carbocycles. The molecule has 7 heteroatoms. The molecule has 6 nitrogen and oxygen atoms in total. The van der Waals surface area contributed by atoms with Crippen molar-refractivity contribution in [1.82, 2.24) is 8.61 Å². The zero-order valence-electron chi connectivity index (χ0n) is 10.4. The fourth-order valence-electron chi connectivity index (χ4n) is 1.82. The summed E-state index contributed by atoms with van der Waals surface area (Å²) < 4.78 is 31.6. The lowest BCUT2D eigenvalue weighted by Gasteiger charge is -2.25. The molecular weight excluding hydrogens is 244 g/mol. The van der Waals surface area contributed by atoms with E-state index < -0.39 is 16.2 Å². The maximum Gasteiger partial charge on any atom is 0.321 e. The maximum atomic E-state index is 12.2. The van der Waals surface area contributed by atoms with E-state index in [1.54, 1.807) is 0 Å². The molecule has 0 amide bonds. The van der Waals surface area contributed by atoms with Crippen molar-refractivity contribution >= 4 is 16.2 Å². The molecule has 0 unspecified atom stereocenters. The van der Waals surface area contributed by atoms with Crippen molar-refractivity contribution in [2.45, 2.75) is 26.2 Å². The highest BCUT2D eigenvalue weighted by molar-refractivity contribution is 7.86. The first-order valence-corrected chi connectivity index (χ1v) is 7.24. The van der Waals surface area contributed by atoms with Gasteiger partial charge in [0.1, 0.15) is 6.54 Å². The Morgan fingerprint density at radius 2 is 1.94 bits per heavy atom. The number of carbonyl (C=O) groups is 1. The summed E-state index contributed by atoms with van der Waals surface area (Å²) in [5.74, 6) is -0.527. The summed E-state index contributed by atoms with van der Waals surface area (Å²) >= 11 is 0. The van der Waals surface area contributed by atoms with Gasteiger partial charge in [-0.15, -0.1) is 0 Å². The van der Waals surface area contributed by atoms with Crippen LogP contribution in [0.2, 0.25) is 0 Å². The molecule has 0 spiro atoms. The summed E-state index contributed by atoms with van der Waals surface area (Å²) in [6.07, 6.45) is 2.44. The highest BCUT2D eigenvalue weighted by Gasteiger charge is 2.32. The minimum Gasteiger partial charge on any atom is -0.468 e. The molecule has 0 radical (unpaired) electrons. The standard InChI is InChI=1S/C10H20N2O4S/c1-3-6-12(9-10(13)16-2)17(14,15)11-7-4-5-8-11/h3-9H2,1-2H3. The molecular formula is C10H20N2O4S. The first-order chi connectivity index (χ1) is 8.02. The number of rotatable bonds is 6. The van der Waals surface area contributed by atoms with Gasteiger partial charge in [-0.25, -0.2) is 0 Å². The zero-order chi connectivity index (χ0) is 12.9. The van der Waals surface area contributed by atoms with Gasteiger partial charge in [-0.05, 0) is 19.3 Å². The van der Waals surface area contributed by atoms with Crippen LogP contribution in [0.5, 0.6) is 0 Å². The van der Waals surface area contributed by atoms with Crippen molar-refractivity contribution in [3.8, 4) is 0 Å². The number of methoxy groups -OCH3 is 1. The fourth-order valence-corrected chi connectivity index (χ4v) is 3.54. The Morgan fingerprint density at radius 3 is 2.41 bits per heavy atom. The van der Waals surface area contributed by atoms with Crippen LogP contribution in [0.25, 0.3) is 0 Å². The Bertz CT molecular complexity index is 349. The Labute approximate surface area is 103 Å². The van der Waals surface area contributed by atoms with Gasteiger partial charge >= 0.3 is 5.97 Å². The highest BCUT2D eigenvalue weighted by atomic mass is 32.2. The van der Waals surface area contributed by atoms with Gasteiger partial charge in [0.15, 0.2) is 0 Å². The number of nitrogens with zero attached hydrogens (tertiary/aromatic N) is 2. The predicted octanol–water partition coefficient (Wildman–Crippen LogP) is 0.212. The quantitative estimate of drug-likeness (QED) is 0.643. The fraction of sp³-hybridized carbons (Fsp3) is 0.900. The molecule has 1 aliphatic rings. The van der Waals surface area contributed by atoms with Crippen molar-refractivity contribution in [2.75, 3.05) is 33.3 Å². The third-order valence-corrected chi connectivity index (χ3v) is 4.71. The zero-order valence-corrected chi connectivity index (χ0v) is 11.2. The van der Waals surface area contributed by atoms with E-state index in [9.17, 15) is 13.2 Å². The van der Waals surface area contributed by atoms with Crippen molar-refractivity contribution < 1.29 is 17.9 Å². The topological polar surface area (TPSA) is 66.9 Å². The molecule has 1 fully saturated rings. The summed E-state index contributed by atoms with van der Waals surface area (Å²) in [6, 6.07) is 0. The molecule has 1 saturated heterocycles. The van der Waals surface area contributed by atoms with Crippen LogP contribution in [0.15, 0.2) is 0 Å². The van der Waals surface area contributed by atoms with Gasteiger partial charge in [-0.1, -0.05) is 6.92 Å². The minimum atomic E-state index is -3.50. The van der Waals surface area contributed by atoms with Crippen LogP contribution in [-0.2, 0) is 19.7 Å². The minimum absolute atomic E-state index is 0.205. The largest absolute Gasteiger partial charge is 0.468 e. The van der Waals surface area contributed by atoms with Crippen LogP contribution in [0.3, 0.4) is 0 Å². The van der Waals surface area contributed by atoms with E-state index in [0.717, 1.165) is 12.8 Å². The van der Waals surface area contributed by atoms with Crippen molar-refractivity contribution in [3.05, 3.63) is 0 Å². The SMILES string of the molecule is CCCN(CC(=O)OC)S(=O)(=O)N1CCCC1. The van der Waals surface area contributed by atoms with E-state index in [-0.39, 0.29) is 6.54 Å². The van der Waals surface area contributed by atoms with Crippen LogP contribution in [0, 0.1) is 0 Å². The Balaban J connectivity index is 2.77. The number of esters is 1. The summed E-state index contributed by atoms with van der Waals surface area (Å²) in [4.78, 5) is 11.2. The van der Waals surface area contributed by atoms with Gasteiger partial charge in [-0.3, -0.25) is 4.79 Å². The molecule has 100 valence electrons. The maximum absolute atomic E-state index is 12.2. The van der Waals surface area contributed by atoms with Crippen molar-refractivity contribution in [3.63, 3.8) is 0 Å². The third-order valence-electron chi connectivity index (χ3n) is 2.72. The monoisotopic (exact) mass is 264 g/mol. The summed E-state index contributed by atoms with van der Waals surface area (Å²) in [6.45, 7) is 3.11. The van der Waals surface area contributed by atoms with E-state index in [2.05, 4.69) is 4.74 Å². The predicted molar refractivity (Wildman–Crippen MR) is 63.6 cm³/mol. The first kappa shape index (κ1) is 14.4. The van der Waals surface area contributed by atoms with E-state index in [4.69, 9.17) is 0 Å². The first-order valence-electron chi connectivity index (χ1n) is 5.84. The average molecular weight is 264 g/mol. The average Bonchev–Trinajstić information content (AvgIpc) is 2.82. The third kappa shape index (κ3) is 3.65. The van der Waals surface area contributed by atoms with Crippen molar-refractivity contribution in [2.24, 2.45) is 0 Å². The molecule has 0 bridgehead atoms. The van der Waals surface area contributed by atoms with Crippen LogP contribution < -0.4 is 0 Å². The van der Waals surface area contributed by atoms with Gasteiger partial charge in [0.25, 0.3) is 10.2 Å². The summed E-state index contributed by atoms with van der Waals surface area (Å²) in [5.41, 5.74) is 0. The van der Waals surface area contributed by atoms with E-state index in [1.165, 1.54) is 15.7 Å². The van der Waals surface area contributed by atoms with Gasteiger partial charge in [0.05, 0.1) is 7.11 Å². The van der Waals surface area contributed by atoms with E-state index in [0.29, 0.717) is 26.1 Å². The van der Waals surface area contributed by atoms with Gasteiger partial charge < -0.3 is 4.74 Å². The lowest BCUT2D eigenvalue weighted by atomic mass is 10.4. The molecule has 0 saturated carbocycles. The Morgan fingerprint density at radius 1 is 1.35 bits per heavy atom. The smallest absolute Gasteiger partial charge is 0.321 e. The molecule has 1 rings (SSSR count). The summed E-state index contributed by atoms with van der Waals surface area (Å²) in [7, 11) is -2.24. The van der Waals surface area contributed by atoms with Gasteiger partial charge in [-0.2, -0.15) is 17.0 Å². The molecule has 17 heavy (non-hydrogen) atoms. The molecule has 1 aliphatic heterocycles.